The standard InChI is InChI=1S/C21H20F2N2O4S/c1-3-28-19(26)13-30-21-24-12-18(14-4-8-16(27-2)9-5-14)25(21)15-6-10-17(11-7-15)29-20(22)23/h4-12,20H,3,13H2,1-2H3. The van der Waals surface area contributed by atoms with E-state index < -0.39 is 6.61 Å². The number of thioether (sulfide) groups is 1. The number of nitrogens with zero attached hydrogens (tertiary/aromatic N) is 2. The van der Waals surface area contributed by atoms with Crippen LogP contribution >= 0.6 is 11.8 Å². The fourth-order valence-electron chi connectivity index (χ4n) is 2.75. The summed E-state index contributed by atoms with van der Waals surface area (Å²) in [5.74, 6) is 0.527. The summed E-state index contributed by atoms with van der Waals surface area (Å²) in [6.07, 6.45) is 1.69. The number of carbonyl (C=O) groups is 1. The number of rotatable bonds is 9. The molecule has 0 bridgehead atoms. The van der Waals surface area contributed by atoms with Gasteiger partial charge in [-0.15, -0.1) is 0 Å². The lowest BCUT2D eigenvalue weighted by Gasteiger charge is -2.13. The van der Waals surface area contributed by atoms with Crippen LogP contribution in [0.3, 0.4) is 0 Å². The van der Waals surface area contributed by atoms with Crippen molar-refractivity contribution in [3.8, 4) is 28.4 Å². The predicted molar refractivity (Wildman–Crippen MR) is 110 cm³/mol. The Morgan fingerprint density at radius 1 is 1.10 bits per heavy atom. The highest BCUT2D eigenvalue weighted by Gasteiger charge is 2.16. The normalized spacial score (nSPS) is 10.8. The van der Waals surface area contributed by atoms with E-state index in [1.54, 1.807) is 32.4 Å². The Kier molecular flexibility index (Phi) is 7.29. The van der Waals surface area contributed by atoms with Gasteiger partial charge in [-0.2, -0.15) is 8.78 Å². The number of alkyl halides is 2. The third-order valence-corrected chi connectivity index (χ3v) is 4.99. The first-order valence-electron chi connectivity index (χ1n) is 9.07. The Morgan fingerprint density at radius 2 is 1.77 bits per heavy atom. The van der Waals surface area contributed by atoms with E-state index in [0.717, 1.165) is 17.0 Å². The van der Waals surface area contributed by atoms with Gasteiger partial charge in [-0.05, 0) is 55.5 Å². The van der Waals surface area contributed by atoms with Crippen LogP contribution in [0, 0.1) is 0 Å². The quantitative estimate of drug-likeness (QED) is 0.356. The van der Waals surface area contributed by atoms with E-state index in [4.69, 9.17) is 9.47 Å². The van der Waals surface area contributed by atoms with Gasteiger partial charge in [-0.25, -0.2) is 4.98 Å². The van der Waals surface area contributed by atoms with Crippen molar-refractivity contribution in [3.63, 3.8) is 0 Å². The first-order valence-corrected chi connectivity index (χ1v) is 10.1. The summed E-state index contributed by atoms with van der Waals surface area (Å²) in [6.45, 7) is -0.847. The zero-order valence-electron chi connectivity index (χ0n) is 16.4. The average Bonchev–Trinajstić information content (AvgIpc) is 3.16. The maximum absolute atomic E-state index is 12.4. The van der Waals surface area contributed by atoms with E-state index in [2.05, 4.69) is 9.72 Å². The number of hydrogen-bond donors (Lipinski definition) is 0. The lowest BCUT2D eigenvalue weighted by Crippen LogP contribution is -2.08. The highest BCUT2D eigenvalue weighted by atomic mass is 32.2. The van der Waals surface area contributed by atoms with E-state index >= 15 is 0 Å². The van der Waals surface area contributed by atoms with Gasteiger partial charge in [0.25, 0.3) is 0 Å². The number of hydrogen-bond acceptors (Lipinski definition) is 6. The lowest BCUT2D eigenvalue weighted by molar-refractivity contribution is -0.139. The second-order valence-corrected chi connectivity index (χ2v) is 6.90. The highest BCUT2D eigenvalue weighted by Crippen LogP contribution is 2.31. The minimum atomic E-state index is -2.89. The van der Waals surface area contributed by atoms with Crippen molar-refractivity contribution in [2.45, 2.75) is 18.7 Å². The van der Waals surface area contributed by atoms with E-state index in [-0.39, 0.29) is 17.5 Å². The molecule has 1 aromatic heterocycles. The van der Waals surface area contributed by atoms with Crippen LogP contribution in [0.5, 0.6) is 11.5 Å². The van der Waals surface area contributed by atoms with Crippen molar-refractivity contribution in [2.24, 2.45) is 0 Å². The Bertz CT molecular complexity index is 976. The summed E-state index contributed by atoms with van der Waals surface area (Å²) in [7, 11) is 1.59. The summed E-state index contributed by atoms with van der Waals surface area (Å²) in [4.78, 5) is 16.2. The smallest absolute Gasteiger partial charge is 0.387 e. The molecule has 0 aliphatic heterocycles. The van der Waals surface area contributed by atoms with Crippen LogP contribution in [0.25, 0.3) is 16.9 Å². The van der Waals surface area contributed by atoms with Gasteiger partial charge in [-0.3, -0.25) is 9.36 Å². The van der Waals surface area contributed by atoms with E-state index in [1.807, 2.05) is 28.8 Å². The molecule has 0 spiro atoms. The zero-order valence-corrected chi connectivity index (χ0v) is 17.2. The predicted octanol–water partition coefficient (Wildman–Crippen LogP) is 4.80. The molecule has 0 saturated carbocycles. The molecule has 2 aromatic carbocycles. The van der Waals surface area contributed by atoms with E-state index in [1.165, 1.54) is 23.9 Å². The molecule has 6 nitrogen and oxygen atoms in total. The van der Waals surface area contributed by atoms with Crippen molar-refractivity contribution >= 4 is 17.7 Å². The monoisotopic (exact) mass is 434 g/mol. The molecule has 0 saturated heterocycles. The van der Waals surface area contributed by atoms with Gasteiger partial charge >= 0.3 is 12.6 Å². The van der Waals surface area contributed by atoms with Crippen molar-refractivity contribution in [3.05, 3.63) is 54.7 Å². The molecule has 30 heavy (non-hydrogen) atoms. The molecule has 3 rings (SSSR count). The maximum atomic E-state index is 12.4. The Labute approximate surface area is 176 Å². The summed E-state index contributed by atoms with van der Waals surface area (Å²) in [5, 5.41) is 0.566. The minimum absolute atomic E-state index is 0.0561. The van der Waals surface area contributed by atoms with Crippen LogP contribution < -0.4 is 9.47 Å². The number of imidazole rings is 1. The van der Waals surface area contributed by atoms with Crippen molar-refractivity contribution in [2.75, 3.05) is 19.5 Å². The number of aromatic nitrogens is 2. The number of methoxy groups -OCH3 is 1. The lowest BCUT2D eigenvalue weighted by atomic mass is 10.1. The fourth-order valence-corrected chi connectivity index (χ4v) is 3.54. The number of benzene rings is 2. The fraction of sp³-hybridized carbons (Fsp3) is 0.238. The molecule has 0 aliphatic rings. The number of carbonyl (C=O) groups excluding carboxylic acids is 1. The number of ether oxygens (including phenoxy) is 3. The van der Waals surface area contributed by atoms with Gasteiger partial charge in [-0.1, -0.05) is 11.8 Å². The molecule has 0 unspecified atom stereocenters. The van der Waals surface area contributed by atoms with Gasteiger partial charge in [0.1, 0.15) is 11.5 Å². The molecule has 0 fully saturated rings. The molecular formula is C21H20F2N2O4S. The van der Waals surface area contributed by atoms with Crippen LogP contribution in [0.4, 0.5) is 8.78 Å². The molecule has 0 amide bonds. The highest BCUT2D eigenvalue weighted by molar-refractivity contribution is 7.99. The molecule has 3 aromatic rings. The summed E-state index contributed by atoms with van der Waals surface area (Å²) in [5.41, 5.74) is 2.33. The molecule has 0 aliphatic carbocycles. The third kappa shape index (κ3) is 5.29. The largest absolute Gasteiger partial charge is 0.497 e. The molecule has 0 N–H and O–H groups in total. The second-order valence-electron chi connectivity index (χ2n) is 5.96. The SMILES string of the molecule is CCOC(=O)CSc1ncc(-c2ccc(OC)cc2)n1-c1ccc(OC(F)F)cc1. The molecule has 0 radical (unpaired) electrons. The molecule has 158 valence electrons. The minimum Gasteiger partial charge on any atom is -0.497 e. The first kappa shape index (κ1) is 21.6. The Balaban J connectivity index is 1.97. The van der Waals surface area contributed by atoms with Gasteiger partial charge < -0.3 is 14.2 Å². The number of esters is 1. The summed E-state index contributed by atoms with van der Waals surface area (Å²) < 4.78 is 41.4. The zero-order chi connectivity index (χ0) is 21.5. The second kappa shape index (κ2) is 10.1. The van der Waals surface area contributed by atoms with Crippen LogP contribution in [0.1, 0.15) is 6.92 Å². The molecular weight excluding hydrogens is 414 g/mol. The van der Waals surface area contributed by atoms with Crippen LogP contribution in [-0.4, -0.2) is 41.6 Å². The van der Waals surface area contributed by atoms with Crippen molar-refractivity contribution in [1.82, 2.24) is 9.55 Å². The average molecular weight is 434 g/mol. The van der Waals surface area contributed by atoms with Gasteiger partial charge in [0.15, 0.2) is 5.16 Å². The van der Waals surface area contributed by atoms with Gasteiger partial charge in [0.2, 0.25) is 0 Å². The van der Waals surface area contributed by atoms with Crippen molar-refractivity contribution < 1.29 is 27.8 Å². The Hall–Kier alpha value is -3.07. The van der Waals surface area contributed by atoms with E-state index in [0.29, 0.717) is 17.5 Å². The van der Waals surface area contributed by atoms with Crippen LogP contribution in [0.15, 0.2) is 59.9 Å². The first-order chi connectivity index (χ1) is 14.5. The van der Waals surface area contributed by atoms with Gasteiger partial charge in [0.05, 0.1) is 31.4 Å². The topological polar surface area (TPSA) is 62.6 Å². The summed E-state index contributed by atoms with van der Waals surface area (Å²) >= 11 is 1.23. The van der Waals surface area contributed by atoms with Crippen molar-refractivity contribution in [1.29, 1.82) is 0 Å². The maximum Gasteiger partial charge on any atom is 0.387 e. The molecule has 1 heterocycles. The molecule has 9 heteroatoms. The third-order valence-electron chi connectivity index (χ3n) is 4.06. The van der Waals surface area contributed by atoms with Gasteiger partial charge in [0, 0.05) is 11.3 Å². The number of halogens is 2. The van der Waals surface area contributed by atoms with Crippen LogP contribution in [0.2, 0.25) is 0 Å². The van der Waals surface area contributed by atoms with E-state index in [9.17, 15) is 13.6 Å². The van der Waals surface area contributed by atoms with Crippen LogP contribution in [-0.2, 0) is 9.53 Å². The Morgan fingerprint density at radius 3 is 2.37 bits per heavy atom. The molecule has 0 atom stereocenters. The summed E-state index contributed by atoms with van der Waals surface area (Å²) in [6, 6.07) is 13.7.